The van der Waals surface area contributed by atoms with Crippen LogP contribution in [0.1, 0.15) is 58.9 Å². The van der Waals surface area contributed by atoms with E-state index >= 15 is 0 Å². The molecule has 1 aromatic rings. The number of hydrogen-bond donors (Lipinski definition) is 1. The van der Waals surface area contributed by atoms with Crippen molar-refractivity contribution >= 4 is 23.6 Å². The van der Waals surface area contributed by atoms with E-state index in [9.17, 15) is 9.59 Å². The average Bonchev–Trinajstić information content (AvgIpc) is 2.70. The molecule has 3 rings (SSSR count). The molecule has 160 valence electrons. The first-order chi connectivity index (χ1) is 13.8. The van der Waals surface area contributed by atoms with Gasteiger partial charge in [0.2, 0.25) is 5.91 Å². The zero-order chi connectivity index (χ0) is 21.0. The number of ether oxygens (including phenoxy) is 1. The zero-order valence-electron chi connectivity index (χ0n) is 18.2. The lowest BCUT2D eigenvalue weighted by Crippen LogP contribution is -2.46. The number of anilines is 2. The Bertz CT molecular complexity index is 736. The number of pyridine rings is 1. The Balaban J connectivity index is 1.65. The van der Waals surface area contributed by atoms with Gasteiger partial charge in [0.25, 0.3) is 0 Å². The predicted octanol–water partition coefficient (Wildman–Crippen LogP) is 3.83. The molecule has 1 saturated heterocycles. The van der Waals surface area contributed by atoms with Crippen LogP contribution in [0, 0.1) is 5.92 Å². The van der Waals surface area contributed by atoms with E-state index in [4.69, 9.17) is 9.72 Å². The van der Waals surface area contributed by atoms with Crippen LogP contribution in [0.4, 0.5) is 16.4 Å². The fourth-order valence-electron chi connectivity index (χ4n) is 3.89. The van der Waals surface area contributed by atoms with Crippen LogP contribution in [0.25, 0.3) is 0 Å². The van der Waals surface area contributed by atoms with E-state index in [-0.39, 0.29) is 17.9 Å². The maximum absolute atomic E-state index is 13.3. The summed E-state index contributed by atoms with van der Waals surface area (Å²) in [6, 6.07) is 4.06. The van der Waals surface area contributed by atoms with Crippen molar-refractivity contribution in [3.63, 3.8) is 0 Å². The standard InChI is InChI=1S/C22H34N4O3/c1-5-13-26(18-9-8-16-7-6-12-23-19(16)24-18)20(27)17-10-14-25(15-11-17)21(28)29-22(2,3)4/h8-9,17H,5-7,10-15H2,1-4H3,(H,23,24). The van der Waals surface area contributed by atoms with E-state index in [2.05, 4.69) is 18.3 Å². The fourth-order valence-corrected chi connectivity index (χ4v) is 3.89. The highest BCUT2D eigenvalue weighted by Crippen LogP contribution is 2.27. The molecule has 2 aliphatic heterocycles. The molecular formula is C22H34N4O3. The van der Waals surface area contributed by atoms with Gasteiger partial charge < -0.3 is 15.0 Å². The molecule has 7 nitrogen and oxygen atoms in total. The van der Waals surface area contributed by atoms with E-state index < -0.39 is 5.60 Å². The van der Waals surface area contributed by atoms with E-state index in [1.54, 1.807) is 4.90 Å². The first kappa shape index (κ1) is 21.4. The van der Waals surface area contributed by atoms with Gasteiger partial charge in [-0.15, -0.1) is 0 Å². The van der Waals surface area contributed by atoms with Crippen molar-refractivity contribution in [2.45, 2.75) is 65.4 Å². The van der Waals surface area contributed by atoms with Crippen LogP contribution in [-0.2, 0) is 16.0 Å². The topological polar surface area (TPSA) is 74.8 Å². The highest BCUT2D eigenvalue weighted by Gasteiger charge is 2.33. The summed E-state index contributed by atoms with van der Waals surface area (Å²) in [6.45, 7) is 10.3. The number of fused-ring (bicyclic) bond motifs is 1. The van der Waals surface area contributed by atoms with Crippen LogP contribution in [-0.4, -0.2) is 53.7 Å². The van der Waals surface area contributed by atoms with E-state index in [1.807, 2.05) is 31.7 Å². The van der Waals surface area contributed by atoms with Crippen LogP contribution in [0.5, 0.6) is 0 Å². The number of nitrogens with zero attached hydrogens (tertiary/aromatic N) is 3. The van der Waals surface area contributed by atoms with Gasteiger partial charge in [-0.3, -0.25) is 9.69 Å². The third kappa shape index (κ3) is 5.40. The lowest BCUT2D eigenvalue weighted by atomic mass is 9.95. The molecular weight excluding hydrogens is 368 g/mol. The summed E-state index contributed by atoms with van der Waals surface area (Å²) in [5.41, 5.74) is 0.711. The van der Waals surface area contributed by atoms with Gasteiger partial charge in [-0.1, -0.05) is 13.0 Å². The smallest absolute Gasteiger partial charge is 0.410 e. The van der Waals surface area contributed by atoms with E-state index in [1.165, 1.54) is 5.56 Å². The minimum Gasteiger partial charge on any atom is -0.444 e. The first-order valence-corrected chi connectivity index (χ1v) is 10.8. The number of hydrogen-bond acceptors (Lipinski definition) is 5. The van der Waals surface area contributed by atoms with Crippen LogP contribution in [0.3, 0.4) is 0 Å². The number of amides is 2. The molecule has 7 heteroatoms. The second kappa shape index (κ2) is 9.01. The van der Waals surface area contributed by atoms with Crippen LogP contribution in [0.15, 0.2) is 12.1 Å². The number of piperidine rings is 1. The predicted molar refractivity (Wildman–Crippen MR) is 114 cm³/mol. The average molecular weight is 403 g/mol. The molecule has 1 aromatic heterocycles. The number of likely N-dealkylation sites (tertiary alicyclic amines) is 1. The van der Waals surface area contributed by atoms with Gasteiger partial charge in [-0.25, -0.2) is 9.78 Å². The number of carbonyl (C=O) groups is 2. The van der Waals surface area contributed by atoms with Crippen molar-refractivity contribution < 1.29 is 14.3 Å². The van der Waals surface area contributed by atoms with Crippen molar-refractivity contribution in [3.8, 4) is 0 Å². The van der Waals surface area contributed by atoms with Gasteiger partial charge in [0.05, 0.1) is 0 Å². The summed E-state index contributed by atoms with van der Waals surface area (Å²) in [5.74, 6) is 1.65. The van der Waals surface area contributed by atoms with Crippen LogP contribution in [0.2, 0.25) is 0 Å². The Labute approximate surface area is 173 Å². The molecule has 0 radical (unpaired) electrons. The summed E-state index contributed by atoms with van der Waals surface area (Å²) in [4.78, 5) is 33.8. The van der Waals surface area contributed by atoms with Crippen LogP contribution >= 0.6 is 0 Å². The third-order valence-corrected chi connectivity index (χ3v) is 5.37. The SMILES string of the molecule is CCCN(C(=O)C1CCN(C(=O)OC(C)(C)C)CC1)c1ccc2c(n1)NCCC2. The summed E-state index contributed by atoms with van der Waals surface area (Å²) in [6.07, 6.45) is 4.02. The third-order valence-electron chi connectivity index (χ3n) is 5.37. The monoisotopic (exact) mass is 402 g/mol. The van der Waals surface area contributed by atoms with Crippen molar-refractivity contribution in [2.24, 2.45) is 5.92 Å². The van der Waals surface area contributed by atoms with Gasteiger partial charge >= 0.3 is 6.09 Å². The molecule has 29 heavy (non-hydrogen) atoms. The number of aryl methyl sites for hydroxylation is 1. The van der Waals surface area contributed by atoms with Gasteiger partial charge in [-0.05, 0) is 64.5 Å². The fraction of sp³-hybridized carbons (Fsp3) is 0.682. The largest absolute Gasteiger partial charge is 0.444 e. The summed E-state index contributed by atoms with van der Waals surface area (Å²) in [7, 11) is 0. The van der Waals surface area contributed by atoms with Crippen molar-refractivity contribution in [1.29, 1.82) is 0 Å². The summed E-state index contributed by atoms with van der Waals surface area (Å²) >= 11 is 0. The number of rotatable bonds is 4. The van der Waals surface area contributed by atoms with Gasteiger partial charge in [0, 0.05) is 32.1 Å². The molecule has 0 aliphatic carbocycles. The van der Waals surface area contributed by atoms with Gasteiger partial charge in [-0.2, -0.15) is 0 Å². The molecule has 0 saturated carbocycles. The number of nitrogens with one attached hydrogen (secondary N) is 1. The molecule has 0 atom stereocenters. The minimum absolute atomic E-state index is 0.0916. The molecule has 0 bridgehead atoms. The first-order valence-electron chi connectivity index (χ1n) is 10.8. The molecule has 2 amide bonds. The molecule has 2 aliphatic rings. The minimum atomic E-state index is -0.506. The Morgan fingerprint density at radius 3 is 2.66 bits per heavy atom. The van der Waals surface area contributed by atoms with Gasteiger partial charge in [0.15, 0.2) is 0 Å². The lowest BCUT2D eigenvalue weighted by Gasteiger charge is -2.35. The Morgan fingerprint density at radius 2 is 2.00 bits per heavy atom. The van der Waals surface area contributed by atoms with Crippen molar-refractivity contribution in [2.75, 3.05) is 36.4 Å². The van der Waals surface area contributed by atoms with Crippen molar-refractivity contribution in [3.05, 3.63) is 17.7 Å². The number of aromatic nitrogens is 1. The molecule has 0 spiro atoms. The molecule has 1 fully saturated rings. The lowest BCUT2D eigenvalue weighted by molar-refractivity contribution is -0.123. The Hall–Kier alpha value is -2.31. The van der Waals surface area contributed by atoms with E-state index in [0.29, 0.717) is 32.5 Å². The maximum atomic E-state index is 13.3. The number of carbonyl (C=O) groups excluding carboxylic acids is 2. The highest BCUT2D eigenvalue weighted by atomic mass is 16.6. The molecule has 1 N–H and O–H groups in total. The van der Waals surface area contributed by atoms with Gasteiger partial charge in [0.1, 0.15) is 17.2 Å². The summed E-state index contributed by atoms with van der Waals surface area (Å²) < 4.78 is 5.46. The highest BCUT2D eigenvalue weighted by molar-refractivity contribution is 5.94. The Morgan fingerprint density at radius 1 is 1.28 bits per heavy atom. The van der Waals surface area contributed by atoms with E-state index in [0.717, 1.165) is 37.4 Å². The quantitative estimate of drug-likeness (QED) is 0.828. The second-order valence-electron chi connectivity index (χ2n) is 8.94. The Kier molecular flexibility index (Phi) is 6.65. The normalized spacial score (nSPS) is 17.3. The van der Waals surface area contributed by atoms with Crippen LogP contribution < -0.4 is 10.2 Å². The maximum Gasteiger partial charge on any atom is 0.410 e. The van der Waals surface area contributed by atoms with Crippen molar-refractivity contribution in [1.82, 2.24) is 9.88 Å². The molecule has 0 unspecified atom stereocenters. The molecule has 0 aromatic carbocycles. The second-order valence-corrected chi connectivity index (χ2v) is 8.94. The zero-order valence-corrected chi connectivity index (χ0v) is 18.2. The summed E-state index contributed by atoms with van der Waals surface area (Å²) in [5, 5.41) is 3.35. The molecule has 3 heterocycles.